The van der Waals surface area contributed by atoms with Gasteiger partial charge in [-0.1, -0.05) is 43.3 Å². The fourth-order valence-electron chi connectivity index (χ4n) is 4.20. The molecule has 33 heavy (non-hydrogen) atoms. The number of halogens is 3. The molecule has 2 heterocycles. The molecule has 0 amide bonds. The quantitative estimate of drug-likeness (QED) is 0.379. The molecule has 0 bridgehead atoms. The van der Waals surface area contributed by atoms with Crippen LogP contribution in [0.2, 0.25) is 0 Å². The van der Waals surface area contributed by atoms with Gasteiger partial charge in [-0.05, 0) is 36.2 Å². The molecular formula is C25H17F3N2O3. The third-order valence-corrected chi connectivity index (χ3v) is 5.79. The Labute approximate surface area is 186 Å². The second-order valence-electron chi connectivity index (χ2n) is 7.72. The molecule has 1 aromatic heterocycles. The maximum atomic E-state index is 13.8. The number of alkyl halides is 3. The number of benzene rings is 3. The summed E-state index contributed by atoms with van der Waals surface area (Å²) in [6.07, 6.45) is -4.43. The zero-order chi connectivity index (χ0) is 23.3. The first-order valence-electron chi connectivity index (χ1n) is 10.3. The lowest BCUT2D eigenvalue weighted by Gasteiger charge is -2.15. The molecule has 0 fully saturated rings. The van der Waals surface area contributed by atoms with Gasteiger partial charge >= 0.3 is 12.1 Å². The van der Waals surface area contributed by atoms with Crippen molar-refractivity contribution in [3.8, 4) is 11.3 Å². The van der Waals surface area contributed by atoms with Gasteiger partial charge in [-0.2, -0.15) is 23.0 Å². The summed E-state index contributed by atoms with van der Waals surface area (Å²) < 4.78 is 47.4. The van der Waals surface area contributed by atoms with Crippen LogP contribution < -0.4 is 0 Å². The standard InChI is InChI=1S/C25H17F3N2O3/c1-2-14-6-5-8-19(25(26,27)28)21(14)23(31)30-20-9-4-3-7-18(20)22(29-30)15-10-11-17-16(12-15)13-33-24(17)32/h3-12H,2,13H2,1H3. The zero-order valence-electron chi connectivity index (χ0n) is 17.4. The van der Waals surface area contributed by atoms with E-state index in [2.05, 4.69) is 5.10 Å². The van der Waals surface area contributed by atoms with E-state index in [0.717, 1.165) is 10.7 Å². The first-order valence-corrected chi connectivity index (χ1v) is 10.3. The van der Waals surface area contributed by atoms with Gasteiger partial charge in [0.1, 0.15) is 12.3 Å². The Morgan fingerprint density at radius 3 is 2.64 bits per heavy atom. The maximum absolute atomic E-state index is 13.8. The van der Waals surface area contributed by atoms with Gasteiger partial charge in [0.15, 0.2) is 0 Å². The lowest BCUT2D eigenvalue weighted by Crippen LogP contribution is -2.21. The molecule has 0 radical (unpaired) electrons. The van der Waals surface area contributed by atoms with E-state index in [4.69, 9.17) is 4.74 Å². The van der Waals surface area contributed by atoms with Gasteiger partial charge in [-0.15, -0.1) is 0 Å². The number of ether oxygens (including phenoxy) is 1. The minimum Gasteiger partial charge on any atom is -0.457 e. The SMILES string of the molecule is CCc1cccc(C(F)(F)F)c1C(=O)n1nc(-c2ccc3c(c2)COC3=O)c2ccccc21. The smallest absolute Gasteiger partial charge is 0.417 e. The van der Waals surface area contributed by atoms with Crippen LogP contribution in [0.1, 0.15) is 44.3 Å². The molecular weight excluding hydrogens is 433 g/mol. The van der Waals surface area contributed by atoms with Crippen LogP contribution in [0.4, 0.5) is 13.2 Å². The number of para-hydroxylation sites is 1. The number of aryl methyl sites for hydroxylation is 1. The van der Waals surface area contributed by atoms with E-state index < -0.39 is 29.2 Å². The second-order valence-corrected chi connectivity index (χ2v) is 7.72. The fourth-order valence-corrected chi connectivity index (χ4v) is 4.20. The number of esters is 1. The number of carbonyl (C=O) groups is 2. The van der Waals surface area contributed by atoms with Crippen LogP contribution in [0, 0.1) is 0 Å². The van der Waals surface area contributed by atoms with Crippen molar-refractivity contribution in [3.05, 3.63) is 88.5 Å². The third-order valence-electron chi connectivity index (χ3n) is 5.79. The molecule has 0 N–H and O–H groups in total. The summed E-state index contributed by atoms with van der Waals surface area (Å²) in [6.45, 7) is 1.84. The summed E-state index contributed by atoms with van der Waals surface area (Å²) in [5.74, 6) is -1.25. The summed E-state index contributed by atoms with van der Waals surface area (Å²) in [4.78, 5) is 25.3. The van der Waals surface area contributed by atoms with Crippen LogP contribution in [0.3, 0.4) is 0 Å². The van der Waals surface area contributed by atoms with Crippen LogP contribution in [-0.2, 0) is 23.9 Å². The molecule has 0 saturated heterocycles. The second kappa shape index (κ2) is 7.58. The van der Waals surface area contributed by atoms with Gasteiger partial charge in [0.2, 0.25) is 0 Å². The van der Waals surface area contributed by atoms with Gasteiger partial charge in [0.05, 0.1) is 22.2 Å². The zero-order valence-corrected chi connectivity index (χ0v) is 17.4. The van der Waals surface area contributed by atoms with Crippen molar-refractivity contribution in [1.29, 1.82) is 0 Å². The van der Waals surface area contributed by atoms with E-state index in [1.54, 1.807) is 49.4 Å². The monoisotopic (exact) mass is 450 g/mol. The van der Waals surface area contributed by atoms with Crippen LogP contribution >= 0.6 is 0 Å². The van der Waals surface area contributed by atoms with Gasteiger partial charge in [-0.25, -0.2) is 4.79 Å². The molecule has 5 rings (SSSR count). The average molecular weight is 450 g/mol. The molecule has 3 aromatic carbocycles. The summed E-state index contributed by atoms with van der Waals surface area (Å²) in [7, 11) is 0. The highest BCUT2D eigenvalue weighted by Crippen LogP contribution is 2.36. The number of rotatable bonds is 3. The Morgan fingerprint density at radius 1 is 1.09 bits per heavy atom. The predicted molar refractivity (Wildman–Crippen MR) is 115 cm³/mol. The van der Waals surface area contributed by atoms with E-state index in [1.165, 1.54) is 12.1 Å². The molecule has 4 aromatic rings. The number of hydrogen-bond acceptors (Lipinski definition) is 4. The first-order chi connectivity index (χ1) is 15.8. The summed E-state index contributed by atoms with van der Waals surface area (Å²) >= 11 is 0. The molecule has 0 unspecified atom stereocenters. The minimum atomic E-state index is -4.69. The highest BCUT2D eigenvalue weighted by atomic mass is 19.4. The predicted octanol–water partition coefficient (Wildman–Crippen LogP) is 5.64. The van der Waals surface area contributed by atoms with E-state index in [1.807, 2.05) is 0 Å². The number of hydrogen-bond donors (Lipinski definition) is 0. The molecule has 166 valence electrons. The van der Waals surface area contributed by atoms with Crippen molar-refractivity contribution in [2.75, 3.05) is 0 Å². The molecule has 8 heteroatoms. The van der Waals surface area contributed by atoms with Crippen molar-refractivity contribution < 1.29 is 27.5 Å². The van der Waals surface area contributed by atoms with E-state index in [9.17, 15) is 22.8 Å². The van der Waals surface area contributed by atoms with Crippen molar-refractivity contribution in [3.63, 3.8) is 0 Å². The van der Waals surface area contributed by atoms with Crippen molar-refractivity contribution in [1.82, 2.24) is 9.78 Å². The van der Waals surface area contributed by atoms with Crippen molar-refractivity contribution in [2.45, 2.75) is 26.1 Å². The maximum Gasteiger partial charge on any atom is 0.417 e. The van der Waals surface area contributed by atoms with E-state index in [-0.39, 0.29) is 13.0 Å². The Balaban J connectivity index is 1.71. The fraction of sp³-hybridized carbons (Fsp3) is 0.160. The highest BCUT2D eigenvalue weighted by Gasteiger charge is 2.37. The Morgan fingerprint density at radius 2 is 1.88 bits per heavy atom. The summed E-state index contributed by atoms with van der Waals surface area (Å²) in [6, 6.07) is 15.7. The van der Waals surface area contributed by atoms with Crippen LogP contribution in [0.25, 0.3) is 22.2 Å². The van der Waals surface area contributed by atoms with Gasteiger partial charge in [0, 0.05) is 16.5 Å². The van der Waals surface area contributed by atoms with Gasteiger partial charge < -0.3 is 4.74 Å². The van der Waals surface area contributed by atoms with E-state index in [0.29, 0.717) is 38.9 Å². The summed E-state index contributed by atoms with van der Waals surface area (Å²) in [5.41, 5.74) is 1.52. The Bertz CT molecular complexity index is 1440. The molecule has 0 aliphatic carbocycles. The first kappa shape index (κ1) is 20.9. The number of fused-ring (bicyclic) bond motifs is 2. The van der Waals surface area contributed by atoms with Crippen molar-refractivity contribution >= 4 is 22.8 Å². The average Bonchev–Trinajstić information content (AvgIpc) is 3.38. The summed E-state index contributed by atoms with van der Waals surface area (Å²) in [5, 5.41) is 5.06. The normalized spacial score (nSPS) is 13.3. The number of carbonyl (C=O) groups excluding carboxylic acids is 2. The molecule has 1 aliphatic rings. The topological polar surface area (TPSA) is 61.2 Å². The number of cyclic esters (lactones) is 1. The van der Waals surface area contributed by atoms with Crippen LogP contribution in [0.5, 0.6) is 0 Å². The minimum absolute atomic E-state index is 0.137. The molecule has 0 saturated carbocycles. The molecule has 1 aliphatic heterocycles. The lowest BCUT2D eigenvalue weighted by atomic mass is 9.98. The number of nitrogens with zero attached hydrogens (tertiary/aromatic N) is 2. The van der Waals surface area contributed by atoms with Gasteiger partial charge in [-0.3, -0.25) is 4.79 Å². The molecule has 0 spiro atoms. The third kappa shape index (κ3) is 3.38. The van der Waals surface area contributed by atoms with Gasteiger partial charge in [0.25, 0.3) is 5.91 Å². The van der Waals surface area contributed by atoms with Crippen molar-refractivity contribution in [2.24, 2.45) is 0 Å². The number of aromatic nitrogens is 2. The lowest BCUT2D eigenvalue weighted by molar-refractivity contribution is -0.138. The largest absolute Gasteiger partial charge is 0.457 e. The molecule has 0 atom stereocenters. The van der Waals surface area contributed by atoms with Crippen LogP contribution in [-0.4, -0.2) is 21.7 Å². The molecule has 5 nitrogen and oxygen atoms in total. The Kier molecular flexibility index (Phi) is 4.81. The Hall–Kier alpha value is -3.94. The van der Waals surface area contributed by atoms with Crippen LogP contribution in [0.15, 0.2) is 60.7 Å². The highest BCUT2D eigenvalue weighted by molar-refractivity contribution is 6.06. The van der Waals surface area contributed by atoms with E-state index >= 15 is 0 Å².